The van der Waals surface area contributed by atoms with Crippen LogP contribution < -0.4 is 0 Å². The Labute approximate surface area is 112 Å². The summed E-state index contributed by atoms with van der Waals surface area (Å²) in [4.78, 5) is 10.8. The third-order valence-corrected chi connectivity index (χ3v) is 2.49. The van der Waals surface area contributed by atoms with Gasteiger partial charge in [-0.3, -0.25) is 4.79 Å². The first-order valence-electron chi connectivity index (χ1n) is 5.32. The zero-order chi connectivity index (χ0) is 11.4. The van der Waals surface area contributed by atoms with E-state index in [0.717, 1.165) is 12.0 Å². The fourth-order valence-corrected chi connectivity index (χ4v) is 1.56. The number of carboxylic acid groups (broad SMARTS) is 1. The van der Waals surface area contributed by atoms with E-state index in [2.05, 4.69) is 13.8 Å². The second-order valence-electron chi connectivity index (χ2n) is 4.40. The minimum atomic E-state index is -0.772. The van der Waals surface area contributed by atoms with E-state index in [4.69, 9.17) is 5.11 Å². The summed E-state index contributed by atoms with van der Waals surface area (Å²) in [5, 5.41) is 8.85. The van der Waals surface area contributed by atoms with Crippen molar-refractivity contribution in [3.63, 3.8) is 0 Å². The zero-order valence-electron chi connectivity index (χ0n) is 10.0. The van der Waals surface area contributed by atoms with Gasteiger partial charge in [-0.1, -0.05) is 38.1 Å². The van der Waals surface area contributed by atoms with Gasteiger partial charge in [-0.2, -0.15) is 0 Å². The molecule has 3 heteroatoms. The van der Waals surface area contributed by atoms with Crippen molar-refractivity contribution in [2.45, 2.75) is 33.1 Å². The van der Waals surface area contributed by atoms with Gasteiger partial charge in [-0.05, 0) is 30.4 Å². The molecule has 0 amide bonds. The SMILES string of the molecule is CC(C)Cc1ccc(C(C)C(=O)O)cc1.[Ti]. The van der Waals surface area contributed by atoms with E-state index in [0.29, 0.717) is 5.92 Å². The van der Waals surface area contributed by atoms with Crippen LogP contribution in [0, 0.1) is 5.92 Å². The van der Waals surface area contributed by atoms with Gasteiger partial charge < -0.3 is 5.11 Å². The molecule has 0 aliphatic heterocycles. The second-order valence-corrected chi connectivity index (χ2v) is 4.40. The van der Waals surface area contributed by atoms with E-state index in [-0.39, 0.29) is 21.7 Å². The summed E-state index contributed by atoms with van der Waals surface area (Å²) < 4.78 is 0. The van der Waals surface area contributed by atoms with Crippen molar-refractivity contribution in [3.05, 3.63) is 35.4 Å². The number of carboxylic acids is 1. The molecule has 1 atom stereocenters. The smallest absolute Gasteiger partial charge is 0.310 e. The fourth-order valence-electron chi connectivity index (χ4n) is 1.56. The summed E-state index contributed by atoms with van der Waals surface area (Å²) in [5.41, 5.74) is 2.14. The molecule has 0 aliphatic carbocycles. The molecule has 0 bridgehead atoms. The van der Waals surface area contributed by atoms with Crippen LogP contribution in [0.25, 0.3) is 0 Å². The largest absolute Gasteiger partial charge is 0.481 e. The van der Waals surface area contributed by atoms with Gasteiger partial charge in [0, 0.05) is 21.7 Å². The van der Waals surface area contributed by atoms with Crippen LogP contribution in [0.15, 0.2) is 24.3 Å². The molecule has 0 radical (unpaired) electrons. The third-order valence-electron chi connectivity index (χ3n) is 2.49. The minimum absolute atomic E-state index is 0. The van der Waals surface area contributed by atoms with Gasteiger partial charge in [0.15, 0.2) is 0 Å². The van der Waals surface area contributed by atoms with Crippen molar-refractivity contribution in [3.8, 4) is 0 Å². The Morgan fingerprint density at radius 3 is 2.06 bits per heavy atom. The maximum absolute atomic E-state index is 10.8. The molecule has 86 valence electrons. The Kier molecular flexibility index (Phi) is 6.62. The average Bonchev–Trinajstić information content (AvgIpc) is 2.17. The summed E-state index contributed by atoms with van der Waals surface area (Å²) in [6.07, 6.45) is 1.04. The summed E-state index contributed by atoms with van der Waals surface area (Å²) >= 11 is 0. The Morgan fingerprint density at radius 1 is 1.19 bits per heavy atom. The Balaban J connectivity index is 0.00000225. The zero-order valence-corrected chi connectivity index (χ0v) is 11.6. The molecule has 16 heavy (non-hydrogen) atoms. The van der Waals surface area contributed by atoms with Crippen LogP contribution in [0.4, 0.5) is 0 Å². The number of aliphatic carboxylic acids is 1. The van der Waals surface area contributed by atoms with Crippen molar-refractivity contribution in [1.29, 1.82) is 0 Å². The molecule has 1 rings (SSSR count). The quantitative estimate of drug-likeness (QED) is 0.838. The molecule has 0 aromatic heterocycles. The predicted octanol–water partition coefficient (Wildman–Crippen LogP) is 3.07. The van der Waals surface area contributed by atoms with Crippen LogP contribution in [0.2, 0.25) is 0 Å². The van der Waals surface area contributed by atoms with E-state index in [1.807, 2.05) is 24.3 Å². The van der Waals surface area contributed by atoms with Crippen molar-refractivity contribution < 1.29 is 31.6 Å². The molecule has 1 N–H and O–H groups in total. The predicted molar refractivity (Wildman–Crippen MR) is 61.0 cm³/mol. The summed E-state index contributed by atoms with van der Waals surface area (Å²) in [6, 6.07) is 7.87. The number of benzene rings is 1. The molecule has 2 nitrogen and oxygen atoms in total. The van der Waals surface area contributed by atoms with Gasteiger partial charge in [-0.25, -0.2) is 0 Å². The summed E-state index contributed by atoms with van der Waals surface area (Å²) in [5.74, 6) is -0.558. The van der Waals surface area contributed by atoms with Crippen LogP contribution in [-0.4, -0.2) is 11.1 Å². The summed E-state index contributed by atoms with van der Waals surface area (Å²) in [6.45, 7) is 6.06. The molecular formula is C13H18O2Ti. The van der Waals surface area contributed by atoms with E-state index >= 15 is 0 Å². The standard InChI is InChI=1S/C13H18O2.Ti/c1-9(2)8-11-4-6-12(7-5-11)10(3)13(14)15;/h4-7,9-10H,8H2,1-3H3,(H,14,15);. The molecule has 0 aliphatic rings. The van der Waals surface area contributed by atoms with E-state index in [9.17, 15) is 4.79 Å². The van der Waals surface area contributed by atoms with Crippen molar-refractivity contribution in [2.75, 3.05) is 0 Å². The fraction of sp³-hybridized carbons (Fsp3) is 0.462. The Morgan fingerprint density at radius 2 is 1.69 bits per heavy atom. The molecule has 0 spiro atoms. The van der Waals surface area contributed by atoms with E-state index in [1.54, 1.807) is 6.92 Å². The van der Waals surface area contributed by atoms with Gasteiger partial charge in [0.2, 0.25) is 0 Å². The van der Waals surface area contributed by atoms with Crippen LogP contribution >= 0.6 is 0 Å². The normalized spacial score (nSPS) is 12.0. The van der Waals surface area contributed by atoms with E-state index in [1.165, 1.54) is 5.56 Å². The number of carbonyl (C=O) groups is 1. The Hall–Kier alpha value is -0.596. The monoisotopic (exact) mass is 254 g/mol. The van der Waals surface area contributed by atoms with Gasteiger partial charge in [0.1, 0.15) is 0 Å². The van der Waals surface area contributed by atoms with Crippen molar-refractivity contribution >= 4 is 5.97 Å². The number of hydrogen-bond acceptors (Lipinski definition) is 1. The van der Waals surface area contributed by atoms with Crippen molar-refractivity contribution in [2.24, 2.45) is 5.92 Å². The van der Waals surface area contributed by atoms with Crippen LogP contribution in [0.3, 0.4) is 0 Å². The Bertz CT molecular complexity index is 330. The molecule has 0 saturated carbocycles. The first-order chi connectivity index (χ1) is 7.00. The van der Waals surface area contributed by atoms with Gasteiger partial charge >= 0.3 is 5.97 Å². The van der Waals surface area contributed by atoms with Crippen LogP contribution in [0.1, 0.15) is 37.8 Å². The molecule has 1 aromatic carbocycles. The maximum atomic E-state index is 10.8. The number of rotatable bonds is 4. The van der Waals surface area contributed by atoms with Crippen LogP contribution in [-0.2, 0) is 32.9 Å². The third kappa shape index (κ3) is 4.50. The molecule has 0 heterocycles. The minimum Gasteiger partial charge on any atom is -0.481 e. The first-order valence-corrected chi connectivity index (χ1v) is 5.32. The maximum Gasteiger partial charge on any atom is 0.310 e. The van der Waals surface area contributed by atoms with Crippen molar-refractivity contribution in [1.82, 2.24) is 0 Å². The summed E-state index contributed by atoms with van der Waals surface area (Å²) in [7, 11) is 0. The first kappa shape index (κ1) is 15.4. The van der Waals surface area contributed by atoms with Crippen LogP contribution in [0.5, 0.6) is 0 Å². The van der Waals surface area contributed by atoms with Gasteiger partial charge in [-0.15, -0.1) is 0 Å². The topological polar surface area (TPSA) is 37.3 Å². The molecule has 1 unspecified atom stereocenters. The molecular weight excluding hydrogens is 236 g/mol. The van der Waals surface area contributed by atoms with Gasteiger partial charge in [0.25, 0.3) is 0 Å². The molecule has 1 aromatic rings. The number of hydrogen-bond donors (Lipinski definition) is 1. The molecule has 0 fully saturated rings. The molecule has 0 saturated heterocycles. The second kappa shape index (κ2) is 6.87. The average molecular weight is 254 g/mol. The van der Waals surface area contributed by atoms with E-state index < -0.39 is 11.9 Å². The van der Waals surface area contributed by atoms with Gasteiger partial charge in [0.05, 0.1) is 5.92 Å².